The molecular formula is C12H12O6S. The minimum atomic E-state index is -0.919. The van der Waals surface area contributed by atoms with Gasteiger partial charge in [0, 0.05) is 23.3 Å². The largest absolute Gasteiger partial charge is 0.504 e. The molecule has 0 aromatic heterocycles. The number of aromatic hydroxyl groups is 2. The van der Waals surface area contributed by atoms with E-state index >= 15 is 0 Å². The number of phenolic OH excluding ortho intramolecular Hbond substituents is 2. The van der Waals surface area contributed by atoms with E-state index in [2.05, 4.69) is 0 Å². The van der Waals surface area contributed by atoms with E-state index < -0.39 is 11.9 Å². The van der Waals surface area contributed by atoms with Crippen molar-refractivity contribution in [2.45, 2.75) is 12.3 Å². The number of benzene rings is 1. The van der Waals surface area contributed by atoms with E-state index in [4.69, 9.17) is 9.84 Å². The lowest BCUT2D eigenvalue weighted by molar-refractivity contribution is -0.136. The lowest BCUT2D eigenvalue weighted by Gasteiger charge is -2.24. The molecule has 102 valence electrons. The summed E-state index contributed by atoms with van der Waals surface area (Å²) in [5, 5.41) is 27.4. The molecule has 6 nitrogen and oxygen atoms in total. The number of rotatable bonds is 4. The van der Waals surface area contributed by atoms with Crippen molar-refractivity contribution in [3.05, 3.63) is 17.7 Å². The molecule has 1 aliphatic heterocycles. The van der Waals surface area contributed by atoms with Crippen LogP contribution in [0.3, 0.4) is 0 Å². The summed E-state index contributed by atoms with van der Waals surface area (Å²) in [4.78, 5) is 21.9. The normalized spacial score (nSPS) is 17.7. The maximum absolute atomic E-state index is 11.4. The number of carbonyl (C=O) groups excluding carboxylic acids is 1. The van der Waals surface area contributed by atoms with Gasteiger partial charge >= 0.3 is 11.9 Å². The number of hydrogen-bond acceptors (Lipinski definition) is 6. The number of phenols is 2. The number of hydrogen-bond donors (Lipinski definition) is 3. The Kier molecular flexibility index (Phi) is 3.84. The molecule has 0 spiro atoms. The molecule has 0 bridgehead atoms. The van der Waals surface area contributed by atoms with Gasteiger partial charge in [-0.25, -0.2) is 0 Å². The molecule has 2 rings (SSSR count). The van der Waals surface area contributed by atoms with Crippen LogP contribution in [0.4, 0.5) is 0 Å². The zero-order valence-electron chi connectivity index (χ0n) is 9.83. The molecule has 0 radical (unpaired) electrons. The summed E-state index contributed by atoms with van der Waals surface area (Å²) in [5.41, 5.74) is 0.604. The van der Waals surface area contributed by atoms with Crippen molar-refractivity contribution in [3.63, 3.8) is 0 Å². The number of ether oxygens (including phenoxy) is 1. The zero-order valence-corrected chi connectivity index (χ0v) is 10.6. The summed E-state index contributed by atoms with van der Waals surface area (Å²) in [7, 11) is 0. The summed E-state index contributed by atoms with van der Waals surface area (Å²) in [6, 6.07) is 2.54. The van der Waals surface area contributed by atoms with Crippen molar-refractivity contribution in [1.82, 2.24) is 0 Å². The highest BCUT2D eigenvalue weighted by Crippen LogP contribution is 2.42. The first-order valence-corrected chi connectivity index (χ1v) is 6.69. The van der Waals surface area contributed by atoms with Crippen LogP contribution in [0.25, 0.3) is 0 Å². The molecular weight excluding hydrogens is 272 g/mol. The molecule has 19 heavy (non-hydrogen) atoms. The van der Waals surface area contributed by atoms with Crippen molar-refractivity contribution in [2.75, 3.05) is 11.5 Å². The van der Waals surface area contributed by atoms with Crippen LogP contribution in [0.2, 0.25) is 0 Å². The Labute approximate surface area is 113 Å². The molecule has 0 amide bonds. The topological polar surface area (TPSA) is 104 Å². The minimum Gasteiger partial charge on any atom is -0.504 e. The molecule has 1 heterocycles. The van der Waals surface area contributed by atoms with E-state index in [0.29, 0.717) is 11.3 Å². The first-order chi connectivity index (χ1) is 8.97. The number of carbonyl (C=O) groups is 2. The van der Waals surface area contributed by atoms with Crippen LogP contribution in [0.15, 0.2) is 12.1 Å². The first-order valence-electron chi connectivity index (χ1n) is 5.53. The van der Waals surface area contributed by atoms with Gasteiger partial charge in [0.15, 0.2) is 11.5 Å². The summed E-state index contributed by atoms with van der Waals surface area (Å²) in [6.45, 7) is 0. The quantitative estimate of drug-likeness (QED) is 0.435. The lowest BCUT2D eigenvalue weighted by Crippen LogP contribution is -2.21. The van der Waals surface area contributed by atoms with E-state index in [1.54, 1.807) is 0 Å². The number of thioether (sulfide) groups is 1. The molecule has 0 aliphatic carbocycles. The predicted molar refractivity (Wildman–Crippen MR) is 67.7 cm³/mol. The van der Waals surface area contributed by atoms with Crippen molar-refractivity contribution >= 4 is 23.7 Å². The average molecular weight is 284 g/mol. The Morgan fingerprint density at radius 1 is 1.37 bits per heavy atom. The molecule has 1 atom stereocenters. The van der Waals surface area contributed by atoms with E-state index in [0.717, 1.165) is 0 Å². The highest BCUT2D eigenvalue weighted by molar-refractivity contribution is 7.99. The third-order valence-corrected chi connectivity index (χ3v) is 3.82. The lowest BCUT2D eigenvalue weighted by atomic mass is 9.94. The number of fused-ring (bicyclic) bond motifs is 1. The second-order valence-corrected chi connectivity index (χ2v) is 5.19. The van der Waals surface area contributed by atoms with Crippen LogP contribution in [0.1, 0.15) is 17.9 Å². The van der Waals surface area contributed by atoms with Gasteiger partial charge in [0.2, 0.25) is 0 Å². The van der Waals surface area contributed by atoms with Gasteiger partial charge in [0.05, 0.1) is 12.2 Å². The van der Waals surface area contributed by atoms with E-state index in [1.807, 2.05) is 0 Å². The van der Waals surface area contributed by atoms with Crippen molar-refractivity contribution in [3.8, 4) is 17.2 Å². The van der Waals surface area contributed by atoms with Crippen LogP contribution in [0.5, 0.6) is 17.2 Å². The van der Waals surface area contributed by atoms with Gasteiger partial charge in [-0.1, -0.05) is 0 Å². The Balaban J connectivity index is 2.20. The monoisotopic (exact) mass is 284 g/mol. The summed E-state index contributed by atoms with van der Waals surface area (Å²) in [5.74, 6) is -1.63. The Hall–Kier alpha value is -1.89. The Morgan fingerprint density at radius 2 is 2.05 bits per heavy atom. The van der Waals surface area contributed by atoms with E-state index in [-0.39, 0.29) is 35.3 Å². The fourth-order valence-electron chi connectivity index (χ4n) is 1.89. The molecule has 1 aliphatic rings. The third kappa shape index (κ3) is 3.11. The fraction of sp³-hybridized carbons (Fsp3) is 0.333. The number of carboxylic acid groups (broad SMARTS) is 1. The number of aliphatic carboxylic acids is 1. The van der Waals surface area contributed by atoms with E-state index in [1.165, 1.54) is 23.9 Å². The van der Waals surface area contributed by atoms with Crippen molar-refractivity contribution in [1.29, 1.82) is 0 Å². The first kappa shape index (κ1) is 13.5. The van der Waals surface area contributed by atoms with Crippen LogP contribution < -0.4 is 4.74 Å². The van der Waals surface area contributed by atoms with Crippen LogP contribution >= 0.6 is 11.8 Å². The molecule has 0 fully saturated rings. The Bertz CT molecular complexity index is 527. The highest BCUT2D eigenvalue weighted by atomic mass is 32.2. The molecule has 1 aromatic carbocycles. The van der Waals surface area contributed by atoms with Gasteiger partial charge in [0.25, 0.3) is 0 Å². The Morgan fingerprint density at radius 3 is 2.74 bits per heavy atom. The van der Waals surface area contributed by atoms with Gasteiger partial charge in [-0.15, -0.1) is 11.8 Å². The second-order valence-electron chi connectivity index (χ2n) is 4.16. The maximum atomic E-state index is 11.4. The van der Waals surface area contributed by atoms with Crippen molar-refractivity contribution < 1.29 is 29.6 Å². The molecule has 3 N–H and O–H groups in total. The van der Waals surface area contributed by atoms with Gasteiger partial charge in [0.1, 0.15) is 5.75 Å². The average Bonchev–Trinajstić information content (AvgIpc) is 2.31. The molecule has 7 heteroatoms. The SMILES string of the molecule is O=C(O)CSCC1CC(=O)Oc2cc(O)c(O)cc21. The van der Waals surface area contributed by atoms with Crippen molar-refractivity contribution in [2.24, 2.45) is 0 Å². The predicted octanol–water partition coefficient (Wildman–Crippen LogP) is 1.31. The summed E-state index contributed by atoms with van der Waals surface area (Å²) < 4.78 is 4.99. The number of carboxylic acids is 1. The van der Waals surface area contributed by atoms with Crippen LogP contribution in [0, 0.1) is 0 Å². The van der Waals surface area contributed by atoms with Gasteiger partial charge in [-0.3, -0.25) is 9.59 Å². The summed E-state index contributed by atoms with van der Waals surface area (Å²) >= 11 is 1.19. The third-order valence-electron chi connectivity index (χ3n) is 2.73. The molecule has 0 saturated heterocycles. The van der Waals surface area contributed by atoms with Crippen LogP contribution in [-0.4, -0.2) is 38.8 Å². The van der Waals surface area contributed by atoms with Crippen LogP contribution in [-0.2, 0) is 9.59 Å². The maximum Gasteiger partial charge on any atom is 0.313 e. The fourth-order valence-corrected chi connectivity index (χ4v) is 2.77. The van der Waals surface area contributed by atoms with E-state index in [9.17, 15) is 19.8 Å². The molecule has 0 saturated carbocycles. The van der Waals surface area contributed by atoms with Gasteiger partial charge in [-0.2, -0.15) is 0 Å². The smallest absolute Gasteiger partial charge is 0.313 e. The highest BCUT2D eigenvalue weighted by Gasteiger charge is 2.28. The zero-order chi connectivity index (χ0) is 14.0. The van der Waals surface area contributed by atoms with Gasteiger partial charge in [-0.05, 0) is 6.07 Å². The summed E-state index contributed by atoms with van der Waals surface area (Å²) in [6.07, 6.45) is 0.129. The number of esters is 1. The second kappa shape index (κ2) is 5.40. The van der Waals surface area contributed by atoms with Gasteiger partial charge < -0.3 is 20.1 Å². The molecule has 1 aromatic rings. The standard InChI is InChI=1S/C12H12O6S/c13-8-2-7-6(4-19-5-11(15)16)1-12(17)18-10(7)3-9(8)14/h2-3,6,13-14H,1,4-5H2,(H,15,16). The minimum absolute atomic E-state index is 0.0506. The molecule has 1 unspecified atom stereocenters.